The van der Waals surface area contributed by atoms with Crippen LogP contribution in [0.3, 0.4) is 0 Å². The van der Waals surface area contributed by atoms with Gasteiger partial charge in [0.05, 0.1) is 12.4 Å². The molecule has 0 unspecified atom stereocenters. The zero-order valence-electron chi connectivity index (χ0n) is 11.4. The summed E-state index contributed by atoms with van der Waals surface area (Å²) in [4.78, 5) is 0.241. The highest BCUT2D eigenvalue weighted by Crippen LogP contribution is 2.13. The summed E-state index contributed by atoms with van der Waals surface area (Å²) < 4.78 is 25.9. The largest absolute Gasteiger partial charge is 0.395 e. The van der Waals surface area contributed by atoms with Crippen molar-refractivity contribution in [3.8, 4) is 0 Å². The van der Waals surface area contributed by atoms with Crippen LogP contribution in [0, 0.1) is 0 Å². The van der Waals surface area contributed by atoms with Gasteiger partial charge in [-0.15, -0.1) is 0 Å². The van der Waals surface area contributed by atoms with Gasteiger partial charge in [-0.3, -0.25) is 0 Å². The number of nitrogens with two attached hydrogens (primary N) is 1. The first-order valence-electron chi connectivity index (χ1n) is 6.38. The van der Waals surface area contributed by atoms with Crippen LogP contribution in [0.4, 0.5) is 0 Å². The van der Waals surface area contributed by atoms with E-state index in [0.717, 1.165) is 0 Å². The van der Waals surface area contributed by atoms with Gasteiger partial charge >= 0.3 is 0 Å². The monoisotopic (exact) mass is 316 g/mol. The molecule has 0 saturated carbocycles. The van der Waals surface area contributed by atoms with Crippen molar-refractivity contribution in [2.45, 2.75) is 19.1 Å². The predicted octanol–water partition coefficient (Wildman–Crippen LogP) is 0.855. The van der Waals surface area contributed by atoms with Crippen LogP contribution >= 0.6 is 12.2 Å². The maximum atomic E-state index is 12.3. The summed E-state index contributed by atoms with van der Waals surface area (Å²) in [5, 5.41) is 8.97. The first kappa shape index (κ1) is 17.0. The smallest absolute Gasteiger partial charge is 0.218 e. The molecule has 0 aliphatic rings. The fourth-order valence-electron chi connectivity index (χ4n) is 1.87. The van der Waals surface area contributed by atoms with Crippen molar-refractivity contribution in [2.24, 2.45) is 5.73 Å². The third-order valence-corrected chi connectivity index (χ3v) is 4.86. The van der Waals surface area contributed by atoms with Crippen molar-refractivity contribution in [1.82, 2.24) is 4.31 Å². The lowest BCUT2D eigenvalue weighted by molar-refractivity contribution is 0.253. The van der Waals surface area contributed by atoms with Gasteiger partial charge in [0.2, 0.25) is 10.0 Å². The number of hydrogen-bond donors (Lipinski definition) is 2. The van der Waals surface area contributed by atoms with Crippen LogP contribution in [0.2, 0.25) is 0 Å². The molecule has 0 radical (unpaired) electrons. The molecule has 3 N–H and O–H groups in total. The maximum absolute atomic E-state index is 12.3. The van der Waals surface area contributed by atoms with E-state index in [9.17, 15) is 8.42 Å². The van der Waals surface area contributed by atoms with E-state index in [1.54, 1.807) is 24.3 Å². The molecule has 1 aromatic carbocycles. The summed E-state index contributed by atoms with van der Waals surface area (Å²) in [6.45, 7) is 2.22. The lowest BCUT2D eigenvalue weighted by atomic mass is 10.1. The molecule has 0 amide bonds. The van der Waals surface area contributed by atoms with Gasteiger partial charge in [-0.2, -0.15) is 4.31 Å². The topological polar surface area (TPSA) is 83.6 Å². The van der Waals surface area contributed by atoms with E-state index in [0.29, 0.717) is 24.1 Å². The Morgan fingerprint density at radius 3 is 2.65 bits per heavy atom. The minimum atomic E-state index is -3.45. The van der Waals surface area contributed by atoms with Gasteiger partial charge < -0.3 is 10.8 Å². The van der Waals surface area contributed by atoms with Crippen molar-refractivity contribution in [3.63, 3.8) is 0 Å². The number of aliphatic hydroxyl groups is 1. The molecular formula is C13H20N2O3S2. The van der Waals surface area contributed by atoms with Crippen LogP contribution in [0.25, 0.3) is 0 Å². The molecule has 0 aromatic heterocycles. The highest BCUT2D eigenvalue weighted by molar-refractivity contribution is 7.88. The molecule has 5 nitrogen and oxygen atoms in total. The van der Waals surface area contributed by atoms with Crippen LogP contribution in [0.15, 0.2) is 24.3 Å². The van der Waals surface area contributed by atoms with E-state index < -0.39 is 10.0 Å². The molecule has 1 rings (SSSR count). The number of aliphatic hydroxyl groups excluding tert-OH is 1. The first-order valence-corrected chi connectivity index (χ1v) is 8.40. The number of hydrogen-bond acceptors (Lipinski definition) is 4. The molecule has 0 aliphatic carbocycles. The molecule has 0 heterocycles. The lowest BCUT2D eigenvalue weighted by Crippen LogP contribution is -2.35. The summed E-state index contributed by atoms with van der Waals surface area (Å²) >= 11 is 4.88. The van der Waals surface area contributed by atoms with E-state index in [-0.39, 0.29) is 23.9 Å². The number of rotatable bonds is 8. The molecule has 0 aliphatic heterocycles. The van der Waals surface area contributed by atoms with Gasteiger partial charge in [0, 0.05) is 18.7 Å². The van der Waals surface area contributed by atoms with E-state index in [1.165, 1.54) is 4.31 Å². The predicted molar refractivity (Wildman–Crippen MR) is 83.9 cm³/mol. The van der Waals surface area contributed by atoms with E-state index in [4.69, 9.17) is 23.1 Å². The van der Waals surface area contributed by atoms with Gasteiger partial charge in [-0.25, -0.2) is 8.42 Å². The second-order valence-corrected chi connectivity index (χ2v) is 6.85. The average Bonchev–Trinajstić information content (AvgIpc) is 2.38. The van der Waals surface area contributed by atoms with Gasteiger partial charge in [0.1, 0.15) is 4.99 Å². The molecule has 0 bridgehead atoms. The Morgan fingerprint density at radius 2 is 2.10 bits per heavy atom. The zero-order valence-corrected chi connectivity index (χ0v) is 13.1. The summed E-state index contributed by atoms with van der Waals surface area (Å²) in [7, 11) is -3.45. The van der Waals surface area contributed by atoms with Crippen LogP contribution < -0.4 is 5.73 Å². The molecular weight excluding hydrogens is 296 g/mol. The van der Waals surface area contributed by atoms with Crippen LogP contribution in [0.1, 0.15) is 24.5 Å². The molecule has 0 saturated heterocycles. The number of sulfonamides is 1. The SMILES string of the molecule is CCCN(CCO)S(=O)(=O)Cc1cccc(C(N)=S)c1. The molecule has 0 spiro atoms. The highest BCUT2D eigenvalue weighted by atomic mass is 32.2. The van der Waals surface area contributed by atoms with Crippen LogP contribution in [-0.4, -0.2) is 42.5 Å². The second-order valence-electron chi connectivity index (χ2n) is 4.44. The number of benzene rings is 1. The molecule has 7 heteroatoms. The van der Waals surface area contributed by atoms with Gasteiger partial charge in [0.25, 0.3) is 0 Å². The lowest BCUT2D eigenvalue weighted by Gasteiger charge is -2.20. The Balaban J connectivity index is 2.94. The third kappa shape index (κ3) is 4.82. The normalized spacial score (nSPS) is 11.8. The fraction of sp³-hybridized carbons (Fsp3) is 0.462. The van der Waals surface area contributed by atoms with Crippen LogP contribution in [0.5, 0.6) is 0 Å². The van der Waals surface area contributed by atoms with E-state index >= 15 is 0 Å². The Hall–Kier alpha value is -1.02. The number of thiocarbonyl (C=S) groups is 1. The zero-order chi connectivity index (χ0) is 15.2. The minimum absolute atomic E-state index is 0.116. The molecule has 20 heavy (non-hydrogen) atoms. The molecule has 1 aromatic rings. The van der Waals surface area contributed by atoms with Crippen LogP contribution in [-0.2, 0) is 15.8 Å². The summed E-state index contributed by atoms with van der Waals surface area (Å²) in [6.07, 6.45) is 0.701. The summed E-state index contributed by atoms with van der Waals surface area (Å²) in [5.74, 6) is -0.122. The first-order chi connectivity index (χ1) is 9.40. The van der Waals surface area contributed by atoms with Crippen molar-refractivity contribution in [1.29, 1.82) is 0 Å². The second kappa shape index (κ2) is 7.68. The van der Waals surface area contributed by atoms with Gasteiger partial charge in [-0.1, -0.05) is 37.3 Å². The maximum Gasteiger partial charge on any atom is 0.218 e. The fourth-order valence-corrected chi connectivity index (χ4v) is 3.60. The Kier molecular flexibility index (Phi) is 6.54. The molecule has 112 valence electrons. The van der Waals surface area contributed by atoms with Crippen molar-refractivity contribution < 1.29 is 13.5 Å². The van der Waals surface area contributed by atoms with Crippen molar-refractivity contribution in [3.05, 3.63) is 35.4 Å². The Morgan fingerprint density at radius 1 is 1.40 bits per heavy atom. The molecule has 0 fully saturated rings. The number of nitrogens with zero attached hydrogens (tertiary/aromatic N) is 1. The standard InChI is InChI=1S/C13H20N2O3S2/c1-2-6-15(7-8-16)20(17,18)10-11-4-3-5-12(9-11)13(14)19/h3-5,9,16H,2,6-8,10H2,1H3,(H2,14,19). The average molecular weight is 316 g/mol. The van der Waals surface area contributed by atoms with Crippen molar-refractivity contribution >= 4 is 27.2 Å². The third-order valence-electron chi connectivity index (χ3n) is 2.78. The minimum Gasteiger partial charge on any atom is -0.395 e. The quantitative estimate of drug-likeness (QED) is 0.695. The van der Waals surface area contributed by atoms with Gasteiger partial charge in [0.15, 0.2) is 0 Å². The van der Waals surface area contributed by atoms with E-state index in [2.05, 4.69) is 0 Å². The Bertz CT molecular complexity index is 552. The van der Waals surface area contributed by atoms with Crippen molar-refractivity contribution in [2.75, 3.05) is 19.7 Å². The van der Waals surface area contributed by atoms with Gasteiger partial charge in [-0.05, 0) is 18.1 Å². The Labute approximate surface area is 125 Å². The summed E-state index contributed by atoms with van der Waals surface area (Å²) in [5.41, 5.74) is 6.82. The van der Waals surface area contributed by atoms with E-state index in [1.807, 2.05) is 6.92 Å². The highest BCUT2D eigenvalue weighted by Gasteiger charge is 2.21. The summed E-state index contributed by atoms with van der Waals surface area (Å²) in [6, 6.07) is 6.89. The molecule has 0 atom stereocenters.